The summed E-state index contributed by atoms with van der Waals surface area (Å²) in [6.45, 7) is 10.9. The summed E-state index contributed by atoms with van der Waals surface area (Å²) in [6.07, 6.45) is 5.11. The van der Waals surface area contributed by atoms with Gasteiger partial charge < -0.3 is 15.2 Å². The van der Waals surface area contributed by atoms with Crippen LogP contribution in [0.1, 0.15) is 46.2 Å². The molecule has 0 radical (unpaired) electrons. The van der Waals surface area contributed by atoms with E-state index in [2.05, 4.69) is 76.1 Å². The number of anilines is 2. The highest BCUT2D eigenvalue weighted by Crippen LogP contribution is 2.30. The second-order valence-electron chi connectivity index (χ2n) is 9.82. The van der Waals surface area contributed by atoms with Crippen LogP contribution in [0.3, 0.4) is 0 Å². The maximum atomic E-state index is 12.8. The summed E-state index contributed by atoms with van der Waals surface area (Å²) in [5.41, 5.74) is 6.85. The van der Waals surface area contributed by atoms with E-state index in [1.165, 1.54) is 5.57 Å². The number of carbonyl (C=O) groups is 1. The molecule has 36 heavy (non-hydrogen) atoms. The Labute approximate surface area is 215 Å². The van der Waals surface area contributed by atoms with Gasteiger partial charge in [-0.25, -0.2) is 15.0 Å². The van der Waals surface area contributed by atoms with Crippen LogP contribution in [0.5, 0.6) is 0 Å². The molecule has 9 heteroatoms. The molecule has 5 rings (SSSR count). The number of nitrogens with zero attached hydrogens (tertiary/aromatic N) is 5. The van der Waals surface area contributed by atoms with E-state index in [0.29, 0.717) is 25.0 Å². The van der Waals surface area contributed by atoms with Crippen molar-refractivity contribution in [2.24, 2.45) is 0 Å². The van der Waals surface area contributed by atoms with Gasteiger partial charge >= 0.3 is 0 Å². The fourth-order valence-electron chi connectivity index (χ4n) is 4.92. The zero-order chi connectivity index (χ0) is 25.2. The molecule has 0 spiro atoms. The lowest BCUT2D eigenvalue weighted by atomic mass is 10.0. The molecular weight excluding hydrogens is 470 g/mol. The molecule has 8 nitrogen and oxygen atoms in total. The van der Waals surface area contributed by atoms with E-state index >= 15 is 0 Å². The number of carbonyl (C=O) groups excluding carboxylic acids is 1. The molecule has 0 fully saturated rings. The molecule has 0 saturated carbocycles. The van der Waals surface area contributed by atoms with Crippen molar-refractivity contribution in [1.82, 2.24) is 29.7 Å². The van der Waals surface area contributed by atoms with E-state index in [1.807, 2.05) is 22.5 Å². The van der Waals surface area contributed by atoms with Crippen molar-refractivity contribution in [3.8, 4) is 0 Å². The molecule has 4 aromatic rings. The third kappa shape index (κ3) is 5.12. The van der Waals surface area contributed by atoms with Gasteiger partial charge in [-0.3, -0.25) is 9.69 Å². The predicted octanol–water partition coefficient (Wildman–Crippen LogP) is 5.44. The Kier molecular flexibility index (Phi) is 7.02. The largest absolute Gasteiger partial charge is 0.340 e. The molecule has 0 atom stereocenters. The SMILES string of the molecule is CC(C)N(CCC(=O)N1CC=C(c2cc3c(Nc4ccc5ncsc5c4)ncnc3[nH]2)CC1)C(C)C. The lowest BCUT2D eigenvalue weighted by molar-refractivity contribution is -0.131. The topological polar surface area (TPSA) is 90.0 Å². The van der Waals surface area contributed by atoms with Crippen molar-refractivity contribution in [1.29, 1.82) is 0 Å². The van der Waals surface area contributed by atoms with Crippen molar-refractivity contribution in [2.45, 2.75) is 52.6 Å². The zero-order valence-corrected chi connectivity index (χ0v) is 22.1. The smallest absolute Gasteiger partial charge is 0.224 e. The van der Waals surface area contributed by atoms with Gasteiger partial charge in [-0.2, -0.15) is 0 Å². The fourth-order valence-corrected chi connectivity index (χ4v) is 5.63. The van der Waals surface area contributed by atoms with E-state index in [0.717, 1.165) is 58.0 Å². The van der Waals surface area contributed by atoms with Gasteiger partial charge in [0.25, 0.3) is 0 Å². The summed E-state index contributed by atoms with van der Waals surface area (Å²) < 4.78 is 1.13. The summed E-state index contributed by atoms with van der Waals surface area (Å²) in [5, 5.41) is 4.38. The monoisotopic (exact) mass is 503 g/mol. The number of aromatic amines is 1. The number of rotatable bonds is 8. The Morgan fingerprint density at radius 3 is 2.75 bits per heavy atom. The minimum absolute atomic E-state index is 0.225. The van der Waals surface area contributed by atoms with Crippen molar-refractivity contribution in [3.05, 3.63) is 47.9 Å². The summed E-state index contributed by atoms with van der Waals surface area (Å²) in [7, 11) is 0. The minimum Gasteiger partial charge on any atom is -0.340 e. The molecule has 0 saturated heterocycles. The van der Waals surface area contributed by atoms with Crippen LogP contribution in [-0.2, 0) is 4.79 Å². The van der Waals surface area contributed by atoms with Crippen LogP contribution in [-0.4, -0.2) is 67.4 Å². The molecule has 1 amide bonds. The molecule has 0 unspecified atom stereocenters. The lowest BCUT2D eigenvalue weighted by Crippen LogP contribution is -2.41. The van der Waals surface area contributed by atoms with Gasteiger partial charge in [0, 0.05) is 49.5 Å². The molecule has 1 aromatic carbocycles. The van der Waals surface area contributed by atoms with E-state index in [1.54, 1.807) is 17.7 Å². The number of aromatic nitrogens is 4. The second kappa shape index (κ2) is 10.4. The third-order valence-electron chi connectivity index (χ3n) is 6.84. The average molecular weight is 504 g/mol. The Balaban J connectivity index is 1.27. The molecule has 4 heterocycles. The maximum Gasteiger partial charge on any atom is 0.224 e. The number of benzene rings is 1. The first-order valence-electron chi connectivity index (χ1n) is 12.6. The van der Waals surface area contributed by atoms with Crippen LogP contribution in [0.25, 0.3) is 26.8 Å². The van der Waals surface area contributed by atoms with Gasteiger partial charge in [0.2, 0.25) is 5.91 Å². The number of amides is 1. The van der Waals surface area contributed by atoms with E-state index in [9.17, 15) is 4.79 Å². The van der Waals surface area contributed by atoms with Crippen LogP contribution in [0.4, 0.5) is 11.5 Å². The molecule has 188 valence electrons. The highest BCUT2D eigenvalue weighted by molar-refractivity contribution is 7.16. The molecular formula is C27H33N7OS. The summed E-state index contributed by atoms with van der Waals surface area (Å²) in [4.78, 5) is 33.9. The van der Waals surface area contributed by atoms with Gasteiger partial charge in [0.05, 0.1) is 21.1 Å². The summed E-state index contributed by atoms with van der Waals surface area (Å²) in [5.74, 6) is 0.989. The Bertz CT molecular complexity index is 1400. The number of thiazole rings is 1. The third-order valence-corrected chi connectivity index (χ3v) is 7.63. The number of hydrogen-bond donors (Lipinski definition) is 2. The van der Waals surface area contributed by atoms with Crippen LogP contribution in [0.2, 0.25) is 0 Å². The molecule has 0 aliphatic carbocycles. The number of fused-ring (bicyclic) bond motifs is 2. The van der Waals surface area contributed by atoms with Crippen LogP contribution in [0, 0.1) is 0 Å². The summed E-state index contributed by atoms with van der Waals surface area (Å²) >= 11 is 1.62. The van der Waals surface area contributed by atoms with E-state index in [4.69, 9.17) is 0 Å². The molecule has 0 bridgehead atoms. The number of H-pyrrole nitrogens is 1. The Morgan fingerprint density at radius 1 is 1.17 bits per heavy atom. The van der Waals surface area contributed by atoms with Crippen molar-refractivity contribution in [2.75, 3.05) is 25.0 Å². The standard InChI is InChI=1S/C27H33N7OS/c1-17(2)34(18(3)4)12-9-25(35)33-10-7-19(8-11-33)23-14-21-26(28-15-29-27(21)32-23)31-20-5-6-22-24(13-20)36-16-30-22/h5-7,13-18H,8-12H2,1-4H3,(H2,28,29,31,32). The minimum atomic E-state index is 0.225. The highest BCUT2D eigenvalue weighted by Gasteiger charge is 2.21. The van der Waals surface area contributed by atoms with Gasteiger partial charge in [-0.1, -0.05) is 6.08 Å². The first-order valence-corrected chi connectivity index (χ1v) is 13.4. The van der Waals surface area contributed by atoms with Crippen molar-refractivity contribution < 1.29 is 4.79 Å². The number of hydrogen-bond acceptors (Lipinski definition) is 7. The Morgan fingerprint density at radius 2 is 2.00 bits per heavy atom. The van der Waals surface area contributed by atoms with Crippen molar-refractivity contribution >= 4 is 55.6 Å². The first-order chi connectivity index (χ1) is 17.4. The quantitative estimate of drug-likeness (QED) is 0.333. The molecule has 2 N–H and O–H groups in total. The predicted molar refractivity (Wildman–Crippen MR) is 148 cm³/mol. The van der Waals surface area contributed by atoms with Gasteiger partial charge in [-0.05, 0) is 64.0 Å². The molecule has 3 aromatic heterocycles. The van der Waals surface area contributed by atoms with Gasteiger partial charge in [0.15, 0.2) is 0 Å². The maximum absolute atomic E-state index is 12.8. The Hall–Kier alpha value is -3.30. The van der Waals surface area contributed by atoms with Crippen LogP contribution in [0.15, 0.2) is 42.2 Å². The average Bonchev–Trinajstić information content (AvgIpc) is 3.51. The number of nitrogens with one attached hydrogen (secondary N) is 2. The normalized spacial score (nSPS) is 14.4. The van der Waals surface area contributed by atoms with Crippen molar-refractivity contribution in [3.63, 3.8) is 0 Å². The van der Waals surface area contributed by atoms with E-state index < -0.39 is 0 Å². The van der Waals surface area contributed by atoms with E-state index in [-0.39, 0.29) is 5.91 Å². The van der Waals surface area contributed by atoms with Gasteiger partial charge in [0.1, 0.15) is 17.8 Å². The first kappa shape index (κ1) is 24.4. The molecule has 1 aliphatic rings. The lowest BCUT2D eigenvalue weighted by Gasteiger charge is -2.32. The fraction of sp³-hybridized carbons (Fsp3) is 0.407. The molecule has 1 aliphatic heterocycles. The van der Waals surface area contributed by atoms with Crippen LogP contribution >= 0.6 is 11.3 Å². The van der Waals surface area contributed by atoms with Crippen LogP contribution < -0.4 is 5.32 Å². The highest BCUT2D eigenvalue weighted by atomic mass is 32.1. The summed E-state index contributed by atoms with van der Waals surface area (Å²) in [6, 6.07) is 9.09. The zero-order valence-electron chi connectivity index (χ0n) is 21.3. The second-order valence-corrected chi connectivity index (χ2v) is 10.7. The van der Waals surface area contributed by atoms with Gasteiger partial charge in [-0.15, -0.1) is 11.3 Å².